The molecular weight excluding hydrogens is 240 g/mol. The minimum absolute atomic E-state index is 0.325. The number of hydrogen-bond donors (Lipinski definition) is 2. The number of hydrogen-bond acceptors (Lipinski definition) is 3. The van der Waals surface area contributed by atoms with Gasteiger partial charge in [0.25, 0.3) is 0 Å². The first kappa shape index (κ1) is 13.2. The molecule has 0 aromatic rings. The third-order valence-electron chi connectivity index (χ3n) is 4.44. The van der Waals surface area contributed by atoms with Gasteiger partial charge < -0.3 is 20.7 Å². The molecule has 0 amide bonds. The zero-order valence-corrected chi connectivity index (χ0v) is 11.7. The second-order valence-electron chi connectivity index (χ2n) is 6.12. The third-order valence-corrected chi connectivity index (χ3v) is 4.44. The first-order valence-electron chi connectivity index (χ1n) is 7.70. The molecule has 3 aliphatic rings. The number of guanidine groups is 1. The molecule has 0 aromatic carbocycles. The molecule has 3 fully saturated rings. The summed E-state index contributed by atoms with van der Waals surface area (Å²) >= 11 is 0. The molecule has 1 aliphatic carbocycles. The summed E-state index contributed by atoms with van der Waals surface area (Å²) in [5, 5.41) is 3.18. The van der Waals surface area contributed by atoms with E-state index in [-0.39, 0.29) is 0 Å². The van der Waals surface area contributed by atoms with Crippen LogP contribution in [0.2, 0.25) is 0 Å². The average Bonchev–Trinajstić information content (AvgIpc) is 2.95. The molecule has 0 radical (unpaired) electrons. The minimum atomic E-state index is 0.325. The van der Waals surface area contributed by atoms with E-state index >= 15 is 0 Å². The Morgan fingerprint density at radius 2 is 2.21 bits per heavy atom. The molecule has 2 atom stereocenters. The molecule has 2 heterocycles. The first-order chi connectivity index (χ1) is 9.31. The topological polar surface area (TPSA) is 62.9 Å². The summed E-state index contributed by atoms with van der Waals surface area (Å²) < 4.78 is 5.55. The van der Waals surface area contributed by atoms with Crippen LogP contribution in [0.4, 0.5) is 0 Å². The largest absolute Gasteiger partial charge is 0.376 e. The van der Waals surface area contributed by atoms with Gasteiger partial charge in [-0.05, 0) is 44.6 Å². The summed E-state index contributed by atoms with van der Waals surface area (Å²) in [6.07, 6.45) is 6.72. The lowest BCUT2D eigenvalue weighted by atomic mass is 10.1. The van der Waals surface area contributed by atoms with Crippen LogP contribution in [0, 0.1) is 5.92 Å². The van der Waals surface area contributed by atoms with Gasteiger partial charge in [-0.2, -0.15) is 0 Å². The Balaban J connectivity index is 1.34. The van der Waals surface area contributed by atoms with Crippen molar-refractivity contribution in [3.63, 3.8) is 0 Å². The van der Waals surface area contributed by atoms with Crippen LogP contribution in [0.15, 0.2) is 4.99 Å². The maximum Gasteiger partial charge on any atom is 0.188 e. The molecule has 2 aliphatic heterocycles. The number of nitrogens with two attached hydrogens (primary N) is 1. The maximum atomic E-state index is 5.91. The molecule has 2 saturated heterocycles. The Hall–Kier alpha value is -0.810. The molecule has 0 aromatic heterocycles. The van der Waals surface area contributed by atoms with Gasteiger partial charge in [0, 0.05) is 32.3 Å². The predicted octanol–water partition coefficient (Wildman–Crippen LogP) is 0.554. The van der Waals surface area contributed by atoms with Crippen LogP contribution in [0.3, 0.4) is 0 Å². The van der Waals surface area contributed by atoms with E-state index < -0.39 is 0 Å². The molecule has 5 heteroatoms. The van der Waals surface area contributed by atoms with Crippen molar-refractivity contribution < 1.29 is 4.74 Å². The first-order valence-corrected chi connectivity index (χ1v) is 7.70. The molecule has 19 heavy (non-hydrogen) atoms. The van der Waals surface area contributed by atoms with Gasteiger partial charge in [-0.25, -0.2) is 0 Å². The SMILES string of the molecule is NC(=NCC1CCN(C2CC2)C1)NCC1CCCO1. The van der Waals surface area contributed by atoms with Crippen molar-refractivity contribution in [3.8, 4) is 0 Å². The smallest absolute Gasteiger partial charge is 0.188 e. The number of likely N-dealkylation sites (tertiary alicyclic amines) is 1. The van der Waals surface area contributed by atoms with Gasteiger partial charge >= 0.3 is 0 Å². The Morgan fingerprint density at radius 3 is 2.95 bits per heavy atom. The summed E-state index contributed by atoms with van der Waals surface area (Å²) in [6.45, 7) is 5.03. The molecule has 3 rings (SSSR count). The minimum Gasteiger partial charge on any atom is -0.376 e. The summed E-state index contributed by atoms with van der Waals surface area (Å²) in [5.41, 5.74) is 5.91. The lowest BCUT2D eigenvalue weighted by molar-refractivity contribution is 0.114. The van der Waals surface area contributed by atoms with Gasteiger partial charge in [0.1, 0.15) is 0 Å². The summed E-state index contributed by atoms with van der Waals surface area (Å²) in [5.74, 6) is 1.28. The van der Waals surface area contributed by atoms with Crippen molar-refractivity contribution in [2.24, 2.45) is 16.6 Å². The third kappa shape index (κ3) is 3.83. The molecule has 108 valence electrons. The van der Waals surface area contributed by atoms with Crippen LogP contribution in [-0.4, -0.2) is 55.8 Å². The molecule has 0 bridgehead atoms. The summed E-state index contributed by atoms with van der Waals surface area (Å²) in [4.78, 5) is 7.10. The van der Waals surface area contributed by atoms with Crippen molar-refractivity contribution in [3.05, 3.63) is 0 Å². The Bertz CT molecular complexity index is 323. The van der Waals surface area contributed by atoms with E-state index in [1.54, 1.807) is 0 Å². The van der Waals surface area contributed by atoms with Crippen molar-refractivity contribution in [2.75, 3.05) is 32.8 Å². The van der Waals surface area contributed by atoms with Crippen molar-refractivity contribution in [1.29, 1.82) is 0 Å². The Kier molecular flexibility index (Phi) is 4.23. The Morgan fingerprint density at radius 1 is 1.32 bits per heavy atom. The van der Waals surface area contributed by atoms with E-state index in [4.69, 9.17) is 10.5 Å². The monoisotopic (exact) mass is 266 g/mol. The summed E-state index contributed by atoms with van der Waals surface area (Å²) in [7, 11) is 0. The van der Waals surface area contributed by atoms with Crippen molar-refractivity contribution >= 4 is 5.96 Å². The van der Waals surface area contributed by atoms with Crippen molar-refractivity contribution in [1.82, 2.24) is 10.2 Å². The Labute approximate surface area is 115 Å². The fraction of sp³-hybridized carbons (Fsp3) is 0.929. The highest BCUT2D eigenvalue weighted by Crippen LogP contribution is 2.31. The molecule has 5 nitrogen and oxygen atoms in total. The molecule has 0 spiro atoms. The fourth-order valence-corrected chi connectivity index (χ4v) is 3.09. The number of aliphatic imine (C=N–C) groups is 1. The second-order valence-corrected chi connectivity index (χ2v) is 6.12. The summed E-state index contributed by atoms with van der Waals surface area (Å²) in [6, 6.07) is 0.893. The van der Waals surface area contributed by atoms with E-state index in [0.29, 0.717) is 18.0 Å². The normalized spacial score (nSPS) is 32.9. The van der Waals surface area contributed by atoms with Gasteiger partial charge in [-0.15, -0.1) is 0 Å². The van der Waals surface area contributed by atoms with Crippen LogP contribution in [0.1, 0.15) is 32.1 Å². The van der Waals surface area contributed by atoms with Crippen LogP contribution < -0.4 is 11.1 Å². The van der Waals surface area contributed by atoms with Gasteiger partial charge in [0.15, 0.2) is 5.96 Å². The van der Waals surface area contributed by atoms with Crippen molar-refractivity contribution in [2.45, 2.75) is 44.2 Å². The number of ether oxygens (including phenoxy) is 1. The molecule has 2 unspecified atom stereocenters. The number of rotatable bonds is 5. The zero-order chi connectivity index (χ0) is 13.1. The van der Waals surface area contributed by atoms with Gasteiger partial charge in [-0.3, -0.25) is 4.99 Å². The van der Waals surface area contributed by atoms with E-state index in [1.165, 1.54) is 38.8 Å². The van der Waals surface area contributed by atoms with Gasteiger partial charge in [-0.1, -0.05) is 0 Å². The zero-order valence-electron chi connectivity index (χ0n) is 11.7. The highest BCUT2D eigenvalue weighted by atomic mass is 16.5. The second kappa shape index (κ2) is 6.09. The highest BCUT2D eigenvalue weighted by molar-refractivity contribution is 5.77. The van der Waals surface area contributed by atoms with Crippen LogP contribution in [0.25, 0.3) is 0 Å². The molecular formula is C14H26N4O. The van der Waals surface area contributed by atoms with E-state index in [9.17, 15) is 0 Å². The van der Waals surface area contributed by atoms with Crippen LogP contribution in [0.5, 0.6) is 0 Å². The van der Waals surface area contributed by atoms with E-state index in [0.717, 1.165) is 32.2 Å². The van der Waals surface area contributed by atoms with Crippen LogP contribution in [-0.2, 0) is 4.74 Å². The van der Waals surface area contributed by atoms with Gasteiger partial charge in [0.2, 0.25) is 0 Å². The number of nitrogens with one attached hydrogen (secondary N) is 1. The number of nitrogens with zero attached hydrogens (tertiary/aromatic N) is 2. The average molecular weight is 266 g/mol. The van der Waals surface area contributed by atoms with E-state index in [2.05, 4.69) is 15.2 Å². The highest BCUT2D eigenvalue weighted by Gasteiger charge is 2.34. The molecule has 3 N–H and O–H groups in total. The maximum absolute atomic E-state index is 5.91. The predicted molar refractivity (Wildman–Crippen MR) is 76.2 cm³/mol. The lowest BCUT2D eigenvalue weighted by Crippen LogP contribution is -2.37. The van der Waals surface area contributed by atoms with Gasteiger partial charge in [0.05, 0.1) is 6.10 Å². The quantitative estimate of drug-likeness (QED) is 0.563. The standard InChI is InChI=1S/C14H26N4O/c15-14(17-9-13-2-1-7-19-13)16-8-11-5-6-18(10-11)12-3-4-12/h11-13H,1-10H2,(H3,15,16,17). The molecule has 1 saturated carbocycles. The van der Waals surface area contributed by atoms with E-state index in [1.807, 2.05) is 0 Å². The van der Waals surface area contributed by atoms with Crippen LogP contribution >= 0.6 is 0 Å². The fourth-order valence-electron chi connectivity index (χ4n) is 3.09. The lowest BCUT2D eigenvalue weighted by Gasteiger charge is -2.14.